The Labute approximate surface area is 179 Å². The molecule has 0 radical (unpaired) electrons. The van der Waals surface area contributed by atoms with Crippen molar-refractivity contribution < 1.29 is 9.53 Å². The predicted molar refractivity (Wildman–Crippen MR) is 121 cm³/mol. The Hall–Kier alpha value is -4.26. The molecule has 5 N–H and O–H groups in total. The summed E-state index contributed by atoms with van der Waals surface area (Å²) in [6, 6.07) is 22.7. The minimum atomic E-state index is -0.535. The zero-order valence-electron chi connectivity index (χ0n) is 16.7. The lowest BCUT2D eigenvalue weighted by Gasteiger charge is -2.08. The predicted octanol–water partition coefficient (Wildman–Crippen LogP) is 3.98. The number of primary amides is 1. The number of nitrogen functional groups attached to an aromatic ring is 1. The number of rotatable bonds is 4. The fourth-order valence-electron chi connectivity index (χ4n) is 3.82. The van der Waals surface area contributed by atoms with E-state index in [2.05, 4.69) is 5.32 Å². The first-order chi connectivity index (χ1) is 15.1. The van der Waals surface area contributed by atoms with E-state index in [0.29, 0.717) is 35.1 Å². The summed E-state index contributed by atoms with van der Waals surface area (Å²) >= 11 is 0. The van der Waals surface area contributed by atoms with Crippen molar-refractivity contribution in [1.29, 1.82) is 0 Å². The smallest absolute Gasteiger partial charge is 0.254 e. The zero-order chi connectivity index (χ0) is 21.4. The molecule has 0 saturated carbocycles. The molecule has 1 aromatic heterocycles. The average molecular weight is 411 g/mol. The van der Waals surface area contributed by atoms with Crippen LogP contribution in [0.2, 0.25) is 0 Å². The van der Waals surface area contributed by atoms with Crippen LogP contribution >= 0.6 is 0 Å². The zero-order valence-corrected chi connectivity index (χ0v) is 16.7. The molecule has 0 aliphatic carbocycles. The number of hydrogen-bond donors (Lipinski definition) is 3. The van der Waals surface area contributed by atoms with E-state index in [1.807, 2.05) is 72.8 Å². The van der Waals surface area contributed by atoms with Crippen LogP contribution in [0.3, 0.4) is 0 Å². The van der Waals surface area contributed by atoms with Crippen LogP contribution in [0.1, 0.15) is 15.9 Å². The van der Waals surface area contributed by atoms with Gasteiger partial charge in [0.1, 0.15) is 28.6 Å². The van der Waals surface area contributed by atoms with E-state index < -0.39 is 5.91 Å². The minimum Gasteiger partial charge on any atom is -0.457 e. The highest BCUT2D eigenvalue weighted by Crippen LogP contribution is 2.35. The van der Waals surface area contributed by atoms with Crippen LogP contribution in [0.5, 0.6) is 11.5 Å². The van der Waals surface area contributed by atoms with Crippen LogP contribution in [0.15, 0.2) is 72.8 Å². The Bertz CT molecular complexity index is 1260. The molecular formula is C24H21N5O2. The number of nitrogens with zero attached hydrogens (tertiary/aromatic N) is 2. The van der Waals surface area contributed by atoms with E-state index >= 15 is 0 Å². The molecule has 4 aromatic rings. The number of fused-ring (bicyclic) bond motifs is 3. The molecule has 0 unspecified atom stereocenters. The van der Waals surface area contributed by atoms with Crippen molar-refractivity contribution >= 4 is 17.4 Å². The van der Waals surface area contributed by atoms with Gasteiger partial charge in [-0.15, -0.1) is 0 Å². The number of para-hydroxylation sites is 1. The van der Waals surface area contributed by atoms with Gasteiger partial charge in [-0.3, -0.25) is 4.79 Å². The van der Waals surface area contributed by atoms with Crippen molar-refractivity contribution in [3.63, 3.8) is 0 Å². The summed E-state index contributed by atoms with van der Waals surface area (Å²) in [6.45, 7) is 0.645. The highest BCUT2D eigenvalue weighted by Gasteiger charge is 2.26. The number of carbonyl (C=O) groups excluding carboxylic acids is 1. The first-order valence-electron chi connectivity index (χ1n) is 9.99. The Morgan fingerprint density at radius 1 is 1.00 bits per heavy atom. The molecule has 1 aliphatic heterocycles. The lowest BCUT2D eigenvalue weighted by molar-refractivity contribution is 0.100. The number of benzene rings is 3. The molecule has 5 rings (SSSR count). The van der Waals surface area contributed by atoms with Gasteiger partial charge in [-0.2, -0.15) is 5.10 Å². The summed E-state index contributed by atoms with van der Waals surface area (Å²) in [4.78, 5) is 12.4. The molecule has 7 heteroatoms. The third-order valence-corrected chi connectivity index (χ3v) is 5.26. The Kier molecular flexibility index (Phi) is 4.55. The molecule has 7 nitrogen and oxygen atoms in total. The lowest BCUT2D eigenvalue weighted by atomic mass is 10.1. The normalized spacial score (nSPS) is 12.3. The van der Waals surface area contributed by atoms with E-state index in [9.17, 15) is 4.79 Å². The third-order valence-electron chi connectivity index (χ3n) is 5.26. The summed E-state index contributed by atoms with van der Waals surface area (Å²) in [5.74, 6) is 1.50. The Morgan fingerprint density at radius 2 is 1.74 bits per heavy atom. The maximum Gasteiger partial charge on any atom is 0.254 e. The van der Waals surface area contributed by atoms with E-state index in [4.69, 9.17) is 21.3 Å². The SMILES string of the molecule is NC(=O)c1c(-c2ccc(Oc3ccccc3)cc2)nn2c1NCCc1cc(N)ccc1-2. The van der Waals surface area contributed by atoms with Crippen LogP contribution in [-0.2, 0) is 6.42 Å². The molecule has 0 spiro atoms. The van der Waals surface area contributed by atoms with Crippen molar-refractivity contribution in [3.8, 4) is 28.4 Å². The standard InChI is InChI=1S/C24H21N5O2/c25-17-8-11-20-16(14-17)12-13-27-24-21(23(26)30)22(28-29(20)24)15-6-9-19(10-7-15)31-18-4-2-1-3-5-18/h1-11,14,27H,12-13,25H2,(H2,26,30). The van der Waals surface area contributed by atoms with Gasteiger partial charge in [0.05, 0.1) is 5.69 Å². The van der Waals surface area contributed by atoms with Gasteiger partial charge >= 0.3 is 0 Å². The second-order valence-corrected chi connectivity index (χ2v) is 7.35. The van der Waals surface area contributed by atoms with E-state index in [0.717, 1.165) is 29.0 Å². The number of nitrogens with one attached hydrogen (secondary N) is 1. The molecule has 0 bridgehead atoms. The van der Waals surface area contributed by atoms with Crippen LogP contribution in [-0.4, -0.2) is 22.2 Å². The minimum absolute atomic E-state index is 0.362. The fourth-order valence-corrected chi connectivity index (χ4v) is 3.82. The van der Waals surface area contributed by atoms with Gasteiger partial charge in [-0.05, 0) is 66.6 Å². The lowest BCUT2D eigenvalue weighted by Crippen LogP contribution is -2.15. The van der Waals surface area contributed by atoms with Crippen LogP contribution in [0.4, 0.5) is 11.5 Å². The van der Waals surface area contributed by atoms with Gasteiger partial charge < -0.3 is 21.5 Å². The number of amides is 1. The van der Waals surface area contributed by atoms with E-state index in [1.54, 1.807) is 4.68 Å². The number of aromatic nitrogens is 2. The third kappa shape index (κ3) is 3.46. The summed E-state index contributed by atoms with van der Waals surface area (Å²) < 4.78 is 7.60. The maximum atomic E-state index is 12.4. The number of nitrogens with two attached hydrogens (primary N) is 2. The number of ether oxygens (including phenoxy) is 1. The van der Waals surface area contributed by atoms with Crippen molar-refractivity contribution in [2.24, 2.45) is 5.73 Å². The number of hydrogen-bond acceptors (Lipinski definition) is 5. The maximum absolute atomic E-state index is 12.4. The van der Waals surface area contributed by atoms with Crippen LogP contribution in [0, 0.1) is 0 Å². The molecule has 0 fully saturated rings. The van der Waals surface area contributed by atoms with Gasteiger partial charge in [0.25, 0.3) is 5.91 Å². The second kappa shape index (κ2) is 7.53. The molecule has 0 atom stereocenters. The van der Waals surface area contributed by atoms with Gasteiger partial charge in [0, 0.05) is 17.8 Å². The molecule has 0 saturated heterocycles. The van der Waals surface area contributed by atoms with E-state index in [1.165, 1.54) is 0 Å². The van der Waals surface area contributed by atoms with Gasteiger partial charge in [0.15, 0.2) is 0 Å². The molecule has 3 aromatic carbocycles. The molecule has 154 valence electrons. The summed E-state index contributed by atoms with van der Waals surface area (Å²) in [5, 5.41) is 8.07. The first kappa shape index (κ1) is 18.7. The molecule has 1 aliphatic rings. The highest BCUT2D eigenvalue weighted by atomic mass is 16.5. The molecule has 31 heavy (non-hydrogen) atoms. The van der Waals surface area contributed by atoms with Crippen molar-refractivity contribution in [2.75, 3.05) is 17.6 Å². The van der Waals surface area contributed by atoms with Crippen LogP contribution in [0.25, 0.3) is 16.9 Å². The molecular weight excluding hydrogens is 390 g/mol. The van der Waals surface area contributed by atoms with E-state index in [-0.39, 0.29) is 0 Å². The highest BCUT2D eigenvalue weighted by molar-refractivity contribution is 6.04. The monoisotopic (exact) mass is 411 g/mol. The Morgan fingerprint density at radius 3 is 2.48 bits per heavy atom. The average Bonchev–Trinajstić information content (AvgIpc) is 3.06. The van der Waals surface area contributed by atoms with Crippen molar-refractivity contribution in [3.05, 3.63) is 83.9 Å². The van der Waals surface area contributed by atoms with Gasteiger partial charge in [-0.1, -0.05) is 18.2 Å². The van der Waals surface area contributed by atoms with Gasteiger partial charge in [-0.25, -0.2) is 4.68 Å². The summed E-state index contributed by atoms with van der Waals surface area (Å²) in [6.07, 6.45) is 0.767. The summed E-state index contributed by atoms with van der Waals surface area (Å²) in [5.41, 5.74) is 16.0. The van der Waals surface area contributed by atoms with Crippen molar-refractivity contribution in [2.45, 2.75) is 6.42 Å². The Balaban J connectivity index is 1.57. The molecule has 1 amide bonds. The molecule has 2 heterocycles. The quantitative estimate of drug-likeness (QED) is 0.440. The topological polar surface area (TPSA) is 108 Å². The van der Waals surface area contributed by atoms with Gasteiger partial charge in [0.2, 0.25) is 0 Å². The summed E-state index contributed by atoms with van der Waals surface area (Å²) in [7, 11) is 0. The fraction of sp³-hybridized carbons (Fsp3) is 0.0833. The second-order valence-electron chi connectivity index (χ2n) is 7.35. The van der Waals surface area contributed by atoms with Crippen LogP contribution < -0.4 is 21.5 Å². The largest absolute Gasteiger partial charge is 0.457 e. The van der Waals surface area contributed by atoms with Crippen molar-refractivity contribution in [1.82, 2.24) is 9.78 Å². The number of carbonyl (C=O) groups is 1. The number of anilines is 2. The first-order valence-corrected chi connectivity index (χ1v) is 9.99.